The molecule has 3 rings (SSSR count). The van der Waals surface area contributed by atoms with Crippen LogP contribution in [0.5, 0.6) is 0 Å². The van der Waals surface area contributed by atoms with Crippen molar-refractivity contribution in [2.24, 2.45) is 5.92 Å². The molecule has 1 aliphatic rings. The number of piperidine rings is 1. The SMILES string of the molecule is Cc1ccc(C(c2ccc(Cl)c(Cl)c2)N2CCCC(C(=O)O)C2)nc1. The van der Waals surface area contributed by atoms with Gasteiger partial charge >= 0.3 is 5.97 Å². The van der Waals surface area contributed by atoms with Gasteiger partial charge in [-0.2, -0.15) is 0 Å². The summed E-state index contributed by atoms with van der Waals surface area (Å²) in [6.07, 6.45) is 3.39. The van der Waals surface area contributed by atoms with Crippen molar-refractivity contribution in [2.45, 2.75) is 25.8 Å². The Morgan fingerprint density at radius 1 is 1.28 bits per heavy atom. The number of hydrogen-bond donors (Lipinski definition) is 1. The molecular weight excluding hydrogens is 359 g/mol. The van der Waals surface area contributed by atoms with Gasteiger partial charge < -0.3 is 5.11 Å². The number of aromatic nitrogens is 1. The number of benzene rings is 1. The average molecular weight is 379 g/mol. The molecule has 1 N–H and O–H groups in total. The highest BCUT2D eigenvalue weighted by molar-refractivity contribution is 6.42. The van der Waals surface area contributed by atoms with Gasteiger partial charge in [-0.15, -0.1) is 0 Å². The van der Waals surface area contributed by atoms with E-state index in [2.05, 4.69) is 9.88 Å². The van der Waals surface area contributed by atoms with Crippen molar-refractivity contribution in [1.29, 1.82) is 0 Å². The third-order valence-corrected chi connectivity index (χ3v) is 5.38. The van der Waals surface area contributed by atoms with Crippen LogP contribution in [0.2, 0.25) is 10.0 Å². The molecule has 2 unspecified atom stereocenters. The largest absolute Gasteiger partial charge is 0.481 e. The number of aryl methyl sites for hydroxylation is 1. The van der Waals surface area contributed by atoms with Crippen LogP contribution in [0.15, 0.2) is 36.5 Å². The fourth-order valence-corrected chi connectivity index (χ4v) is 3.64. The summed E-state index contributed by atoms with van der Waals surface area (Å²) in [6, 6.07) is 9.43. The van der Waals surface area contributed by atoms with Crippen LogP contribution in [0.25, 0.3) is 0 Å². The third kappa shape index (κ3) is 4.14. The van der Waals surface area contributed by atoms with Gasteiger partial charge in [0.1, 0.15) is 0 Å². The van der Waals surface area contributed by atoms with E-state index in [0.717, 1.165) is 29.8 Å². The molecule has 0 saturated carbocycles. The molecule has 1 aliphatic heterocycles. The van der Waals surface area contributed by atoms with Gasteiger partial charge in [0.25, 0.3) is 0 Å². The summed E-state index contributed by atoms with van der Waals surface area (Å²) in [5, 5.41) is 10.4. The first-order valence-electron chi connectivity index (χ1n) is 8.30. The zero-order valence-electron chi connectivity index (χ0n) is 14.0. The summed E-state index contributed by atoms with van der Waals surface area (Å²) in [6.45, 7) is 3.31. The highest BCUT2D eigenvalue weighted by Crippen LogP contribution is 2.34. The van der Waals surface area contributed by atoms with Crippen molar-refractivity contribution < 1.29 is 9.90 Å². The van der Waals surface area contributed by atoms with E-state index in [1.165, 1.54) is 0 Å². The van der Waals surface area contributed by atoms with Gasteiger partial charge in [-0.25, -0.2) is 0 Å². The van der Waals surface area contributed by atoms with E-state index in [1.807, 2.05) is 37.4 Å². The van der Waals surface area contributed by atoms with Crippen LogP contribution < -0.4 is 0 Å². The number of likely N-dealkylation sites (tertiary alicyclic amines) is 1. The number of halogens is 2. The molecule has 0 aliphatic carbocycles. The summed E-state index contributed by atoms with van der Waals surface area (Å²) < 4.78 is 0. The van der Waals surface area contributed by atoms with Gasteiger partial charge in [0, 0.05) is 12.7 Å². The first kappa shape index (κ1) is 18.2. The van der Waals surface area contributed by atoms with Gasteiger partial charge in [-0.05, 0) is 55.6 Å². The van der Waals surface area contributed by atoms with Crippen LogP contribution in [-0.4, -0.2) is 34.0 Å². The number of carboxylic acids is 1. The maximum absolute atomic E-state index is 11.5. The van der Waals surface area contributed by atoms with Gasteiger partial charge in [0.15, 0.2) is 0 Å². The number of carbonyl (C=O) groups is 1. The molecule has 0 radical (unpaired) electrons. The van der Waals surface area contributed by atoms with Gasteiger partial charge in [-0.3, -0.25) is 14.7 Å². The zero-order chi connectivity index (χ0) is 18.0. The molecule has 0 bridgehead atoms. The van der Waals surface area contributed by atoms with Gasteiger partial charge in [0.2, 0.25) is 0 Å². The Morgan fingerprint density at radius 2 is 2.08 bits per heavy atom. The zero-order valence-corrected chi connectivity index (χ0v) is 15.5. The van der Waals surface area contributed by atoms with Gasteiger partial charge in [-0.1, -0.05) is 35.3 Å². The Hall–Kier alpha value is -1.62. The topological polar surface area (TPSA) is 53.4 Å². The highest BCUT2D eigenvalue weighted by Gasteiger charge is 2.32. The summed E-state index contributed by atoms with van der Waals surface area (Å²) >= 11 is 12.3. The minimum absolute atomic E-state index is 0.141. The Balaban J connectivity index is 2.00. The highest BCUT2D eigenvalue weighted by atomic mass is 35.5. The molecule has 2 aromatic rings. The first-order valence-corrected chi connectivity index (χ1v) is 9.05. The van der Waals surface area contributed by atoms with E-state index >= 15 is 0 Å². The Labute approximate surface area is 157 Å². The maximum atomic E-state index is 11.5. The van der Waals surface area contributed by atoms with Gasteiger partial charge in [0.05, 0.1) is 27.7 Å². The molecule has 25 heavy (non-hydrogen) atoms. The number of pyridine rings is 1. The minimum Gasteiger partial charge on any atom is -0.481 e. The fourth-order valence-electron chi connectivity index (χ4n) is 3.33. The third-order valence-electron chi connectivity index (χ3n) is 4.64. The van der Waals surface area contributed by atoms with Crippen LogP contribution in [0.4, 0.5) is 0 Å². The quantitative estimate of drug-likeness (QED) is 0.845. The average Bonchev–Trinajstić information content (AvgIpc) is 2.60. The second kappa shape index (κ2) is 7.73. The van der Waals surface area contributed by atoms with Crippen molar-refractivity contribution in [2.75, 3.05) is 13.1 Å². The Bertz CT molecular complexity index is 765. The van der Waals surface area contributed by atoms with Crippen LogP contribution in [0, 0.1) is 12.8 Å². The van der Waals surface area contributed by atoms with Crippen molar-refractivity contribution in [3.05, 3.63) is 63.4 Å². The lowest BCUT2D eigenvalue weighted by molar-refractivity contribution is -0.143. The molecule has 0 amide bonds. The first-order chi connectivity index (χ1) is 12.0. The molecule has 6 heteroatoms. The molecule has 2 atom stereocenters. The summed E-state index contributed by atoms with van der Waals surface area (Å²) in [4.78, 5) is 18.2. The molecule has 1 aromatic heterocycles. The van der Waals surface area contributed by atoms with Crippen LogP contribution in [0.3, 0.4) is 0 Å². The van der Waals surface area contributed by atoms with E-state index in [1.54, 1.807) is 6.07 Å². The molecule has 1 saturated heterocycles. The van der Waals surface area contributed by atoms with Crippen molar-refractivity contribution in [1.82, 2.24) is 9.88 Å². The number of rotatable bonds is 4. The maximum Gasteiger partial charge on any atom is 0.307 e. The molecular formula is C19H20Cl2N2O2. The van der Waals surface area contributed by atoms with Crippen LogP contribution in [-0.2, 0) is 4.79 Å². The minimum atomic E-state index is -0.741. The molecule has 0 spiro atoms. The molecule has 132 valence electrons. The standard InChI is InChI=1S/C19H20Cl2N2O2/c1-12-4-7-17(22-10-12)18(13-5-6-15(20)16(21)9-13)23-8-2-3-14(11-23)19(24)25/h4-7,9-10,14,18H,2-3,8,11H2,1H3,(H,24,25). The number of aliphatic carboxylic acids is 1. The monoisotopic (exact) mass is 378 g/mol. The lowest BCUT2D eigenvalue weighted by Crippen LogP contribution is -2.41. The smallest absolute Gasteiger partial charge is 0.307 e. The summed E-state index contributed by atoms with van der Waals surface area (Å²) in [7, 11) is 0. The number of carboxylic acid groups (broad SMARTS) is 1. The van der Waals surface area contributed by atoms with E-state index in [-0.39, 0.29) is 12.0 Å². The van der Waals surface area contributed by atoms with Crippen molar-refractivity contribution in [3.63, 3.8) is 0 Å². The van der Waals surface area contributed by atoms with Crippen molar-refractivity contribution in [3.8, 4) is 0 Å². The lowest BCUT2D eigenvalue weighted by atomic mass is 9.93. The molecule has 2 heterocycles. The second-order valence-corrected chi connectivity index (χ2v) is 7.32. The fraction of sp³-hybridized carbons (Fsp3) is 0.368. The predicted octanol–water partition coefficient (Wildman–Crippen LogP) is 4.58. The lowest BCUT2D eigenvalue weighted by Gasteiger charge is -2.37. The summed E-state index contributed by atoms with van der Waals surface area (Å²) in [5.74, 6) is -1.10. The number of hydrogen-bond acceptors (Lipinski definition) is 3. The van der Waals surface area contributed by atoms with Crippen LogP contribution >= 0.6 is 23.2 Å². The Kier molecular flexibility index (Phi) is 5.62. The molecule has 1 fully saturated rings. The predicted molar refractivity (Wildman–Crippen MR) is 99.2 cm³/mol. The van der Waals surface area contributed by atoms with E-state index < -0.39 is 5.97 Å². The number of nitrogens with zero attached hydrogens (tertiary/aromatic N) is 2. The second-order valence-electron chi connectivity index (χ2n) is 6.51. The van der Waals surface area contributed by atoms with E-state index in [9.17, 15) is 9.90 Å². The van der Waals surface area contributed by atoms with E-state index in [4.69, 9.17) is 23.2 Å². The molecule has 1 aromatic carbocycles. The summed E-state index contributed by atoms with van der Waals surface area (Å²) in [5.41, 5.74) is 2.94. The Morgan fingerprint density at radius 3 is 2.72 bits per heavy atom. The normalized spacial score (nSPS) is 19.6. The van der Waals surface area contributed by atoms with Crippen LogP contribution in [0.1, 0.15) is 35.7 Å². The van der Waals surface area contributed by atoms with E-state index in [0.29, 0.717) is 23.0 Å². The molecule has 4 nitrogen and oxygen atoms in total. The van der Waals surface area contributed by atoms with Crippen molar-refractivity contribution >= 4 is 29.2 Å².